The zero-order valence-electron chi connectivity index (χ0n) is 20.9. The molecule has 8 nitrogen and oxygen atoms in total. The fraction of sp³-hybridized carbons (Fsp3) is 0.214. The zero-order valence-corrected chi connectivity index (χ0v) is 21.8. The summed E-state index contributed by atoms with van der Waals surface area (Å²) in [6.07, 6.45) is 0.507. The predicted molar refractivity (Wildman–Crippen MR) is 143 cm³/mol. The van der Waals surface area contributed by atoms with Gasteiger partial charge in [-0.2, -0.15) is 5.26 Å². The summed E-state index contributed by atoms with van der Waals surface area (Å²) in [5, 5.41) is 16.8. The van der Waals surface area contributed by atoms with Gasteiger partial charge in [0.25, 0.3) is 0 Å². The maximum Gasteiger partial charge on any atom is 0.239 e. The third kappa shape index (κ3) is 5.60. The summed E-state index contributed by atoms with van der Waals surface area (Å²) in [6.45, 7) is 3.66. The van der Waals surface area contributed by atoms with Crippen molar-refractivity contribution in [2.24, 2.45) is 0 Å². The number of nitrogens with one attached hydrogen (secondary N) is 1. The van der Waals surface area contributed by atoms with Crippen molar-refractivity contribution < 1.29 is 18.8 Å². The van der Waals surface area contributed by atoms with Crippen LogP contribution in [0.5, 0.6) is 11.5 Å². The molecule has 0 saturated carbocycles. The minimum absolute atomic E-state index is 0.253. The van der Waals surface area contributed by atoms with E-state index in [1.165, 1.54) is 11.8 Å². The fourth-order valence-corrected chi connectivity index (χ4v) is 4.90. The molecule has 1 amide bonds. The zero-order chi connectivity index (χ0) is 26.4. The van der Waals surface area contributed by atoms with Crippen LogP contribution in [0.3, 0.4) is 0 Å². The summed E-state index contributed by atoms with van der Waals surface area (Å²) in [7, 11) is 3.13. The van der Waals surface area contributed by atoms with Crippen LogP contribution in [0.1, 0.15) is 24.7 Å². The lowest BCUT2D eigenvalue weighted by molar-refractivity contribution is -0.115. The molecule has 0 aliphatic rings. The molecule has 0 saturated heterocycles. The van der Waals surface area contributed by atoms with Gasteiger partial charge in [0.15, 0.2) is 17.3 Å². The number of aryl methyl sites for hydroxylation is 1. The molecule has 0 bridgehead atoms. The van der Waals surface area contributed by atoms with Crippen molar-refractivity contribution in [1.29, 1.82) is 5.26 Å². The number of benzene rings is 2. The van der Waals surface area contributed by atoms with Gasteiger partial charge in [-0.3, -0.25) is 4.79 Å². The van der Waals surface area contributed by atoms with E-state index in [2.05, 4.69) is 16.5 Å². The maximum atomic E-state index is 13.1. The molecular weight excluding hydrogens is 488 g/mol. The number of methoxy groups -OCH3 is 2. The molecule has 0 fully saturated rings. The van der Waals surface area contributed by atoms with Gasteiger partial charge in [0, 0.05) is 22.8 Å². The number of aromatic nitrogens is 2. The molecule has 4 aromatic rings. The number of nitrogens with zero attached hydrogens (tertiary/aromatic N) is 3. The van der Waals surface area contributed by atoms with Crippen molar-refractivity contribution in [3.05, 3.63) is 72.0 Å². The lowest BCUT2D eigenvalue weighted by atomic mass is 9.98. The van der Waals surface area contributed by atoms with Crippen LogP contribution in [0, 0.1) is 18.3 Å². The number of hydrogen-bond donors (Lipinski definition) is 1. The van der Waals surface area contributed by atoms with Crippen molar-refractivity contribution in [2.45, 2.75) is 30.5 Å². The summed E-state index contributed by atoms with van der Waals surface area (Å²) in [4.78, 5) is 17.9. The molecule has 1 atom stereocenters. The lowest BCUT2D eigenvalue weighted by Crippen LogP contribution is -2.25. The normalized spacial score (nSPS) is 11.4. The van der Waals surface area contributed by atoms with Crippen LogP contribution in [-0.2, 0) is 4.79 Å². The van der Waals surface area contributed by atoms with Gasteiger partial charge < -0.3 is 19.3 Å². The highest BCUT2D eigenvalue weighted by atomic mass is 32.2. The highest BCUT2D eigenvalue weighted by Gasteiger charge is 2.25. The van der Waals surface area contributed by atoms with Crippen molar-refractivity contribution in [2.75, 3.05) is 19.5 Å². The number of rotatable bonds is 9. The minimum atomic E-state index is -0.525. The third-order valence-electron chi connectivity index (χ3n) is 5.66. The summed E-state index contributed by atoms with van der Waals surface area (Å²) < 4.78 is 16.2. The first-order valence-corrected chi connectivity index (χ1v) is 12.5. The number of thioether (sulfide) groups is 1. The summed E-state index contributed by atoms with van der Waals surface area (Å²) in [6, 6.07) is 21.0. The van der Waals surface area contributed by atoms with Crippen LogP contribution in [0.15, 0.2) is 70.2 Å². The number of hydrogen-bond acceptors (Lipinski definition) is 8. The Morgan fingerprint density at radius 2 is 1.89 bits per heavy atom. The molecule has 0 aliphatic carbocycles. The van der Waals surface area contributed by atoms with Gasteiger partial charge in [-0.25, -0.2) is 4.98 Å². The van der Waals surface area contributed by atoms with E-state index in [4.69, 9.17) is 19.0 Å². The predicted octanol–water partition coefficient (Wildman–Crippen LogP) is 6.11. The number of amides is 1. The van der Waals surface area contributed by atoms with E-state index in [0.29, 0.717) is 56.9 Å². The van der Waals surface area contributed by atoms with E-state index in [0.717, 1.165) is 5.56 Å². The Balaban J connectivity index is 1.84. The van der Waals surface area contributed by atoms with Gasteiger partial charge >= 0.3 is 0 Å². The Hall–Kier alpha value is -4.29. The Kier molecular flexibility index (Phi) is 8.11. The second-order valence-electron chi connectivity index (χ2n) is 8.08. The lowest BCUT2D eigenvalue weighted by Gasteiger charge is -2.18. The molecule has 37 heavy (non-hydrogen) atoms. The molecule has 2 aromatic heterocycles. The second-order valence-corrected chi connectivity index (χ2v) is 9.27. The second kappa shape index (κ2) is 11.6. The number of anilines is 1. The quantitative estimate of drug-likeness (QED) is 0.266. The molecular formula is C28H26N4O4S. The molecule has 0 radical (unpaired) electrons. The number of nitriles is 1. The number of carbonyl (C=O) groups excluding carboxylic acids is 1. The molecule has 0 aliphatic heterocycles. The first-order chi connectivity index (χ1) is 18.0. The highest BCUT2D eigenvalue weighted by Crippen LogP contribution is 2.43. The van der Waals surface area contributed by atoms with Crippen LogP contribution >= 0.6 is 11.8 Å². The SMILES string of the molecule is CCC(Sc1nc(-c2ccccc2)cc(-c2cccc(OC)c2OC)c1C#N)C(=O)Nc1cc(C)on1. The van der Waals surface area contributed by atoms with Crippen molar-refractivity contribution in [3.63, 3.8) is 0 Å². The van der Waals surface area contributed by atoms with Crippen LogP contribution in [0.2, 0.25) is 0 Å². The molecule has 1 N–H and O–H groups in total. The summed E-state index contributed by atoms with van der Waals surface area (Å²) in [5.41, 5.74) is 3.23. The fourth-order valence-electron chi connectivity index (χ4n) is 3.87. The maximum absolute atomic E-state index is 13.1. The van der Waals surface area contributed by atoms with Crippen LogP contribution in [0.4, 0.5) is 5.82 Å². The minimum Gasteiger partial charge on any atom is -0.493 e. The number of ether oxygens (including phenoxy) is 2. The van der Waals surface area contributed by atoms with Crippen LogP contribution in [-0.4, -0.2) is 35.5 Å². The van der Waals surface area contributed by atoms with E-state index < -0.39 is 5.25 Å². The Morgan fingerprint density at radius 1 is 1.11 bits per heavy atom. The van der Waals surface area contributed by atoms with Gasteiger partial charge in [0.05, 0.1) is 30.7 Å². The third-order valence-corrected chi connectivity index (χ3v) is 7.01. The first kappa shape index (κ1) is 25.8. The van der Waals surface area contributed by atoms with Crippen molar-refractivity contribution >= 4 is 23.5 Å². The molecule has 9 heteroatoms. The average molecular weight is 515 g/mol. The van der Waals surface area contributed by atoms with Crippen molar-refractivity contribution in [3.8, 4) is 40.0 Å². The molecule has 1 unspecified atom stereocenters. The summed E-state index contributed by atoms with van der Waals surface area (Å²) in [5.74, 6) is 1.74. The molecule has 0 spiro atoms. The van der Waals surface area contributed by atoms with E-state index in [1.54, 1.807) is 33.3 Å². The van der Waals surface area contributed by atoms with E-state index in [-0.39, 0.29) is 5.91 Å². The van der Waals surface area contributed by atoms with E-state index >= 15 is 0 Å². The monoisotopic (exact) mass is 514 g/mol. The summed E-state index contributed by atoms with van der Waals surface area (Å²) >= 11 is 1.24. The number of para-hydroxylation sites is 1. The largest absolute Gasteiger partial charge is 0.493 e. The first-order valence-electron chi connectivity index (χ1n) is 11.6. The molecule has 2 heterocycles. The van der Waals surface area contributed by atoms with Crippen molar-refractivity contribution in [1.82, 2.24) is 10.1 Å². The van der Waals surface area contributed by atoms with E-state index in [9.17, 15) is 10.1 Å². The topological polar surface area (TPSA) is 110 Å². The number of carbonyl (C=O) groups is 1. The van der Waals surface area contributed by atoms with Crippen LogP contribution < -0.4 is 14.8 Å². The smallest absolute Gasteiger partial charge is 0.239 e. The van der Waals surface area contributed by atoms with Gasteiger partial charge in [0.1, 0.15) is 16.9 Å². The number of pyridine rings is 1. The molecule has 4 rings (SSSR count). The van der Waals surface area contributed by atoms with Gasteiger partial charge in [-0.05, 0) is 25.5 Å². The van der Waals surface area contributed by atoms with E-state index in [1.807, 2.05) is 55.5 Å². The van der Waals surface area contributed by atoms with Gasteiger partial charge in [-0.15, -0.1) is 0 Å². The Labute approximate surface area is 219 Å². The van der Waals surface area contributed by atoms with Gasteiger partial charge in [-0.1, -0.05) is 66.3 Å². The Bertz CT molecular complexity index is 1450. The van der Waals surface area contributed by atoms with Crippen LogP contribution in [0.25, 0.3) is 22.4 Å². The average Bonchev–Trinajstić information content (AvgIpc) is 3.34. The Morgan fingerprint density at radius 3 is 2.51 bits per heavy atom. The highest BCUT2D eigenvalue weighted by molar-refractivity contribution is 8.00. The standard InChI is InChI=1S/C28H26N4O4S/c1-5-24(27(33)31-25-14-17(2)36-32-25)37-28-21(16-29)20(15-22(30-28)18-10-7-6-8-11-18)19-12-9-13-23(34-3)26(19)35-4/h6-15,24H,5H2,1-4H3,(H,31,32,33). The molecule has 2 aromatic carbocycles. The molecule has 188 valence electrons. The van der Waals surface area contributed by atoms with Gasteiger partial charge in [0.2, 0.25) is 5.91 Å².